The molecule has 0 radical (unpaired) electrons. The maximum atomic E-state index is 5.72. The predicted octanol–water partition coefficient (Wildman–Crippen LogP) is 3.53. The van der Waals surface area contributed by atoms with Gasteiger partial charge < -0.3 is 11.1 Å². The second kappa shape index (κ2) is 14.1. The molecule has 0 aliphatic rings. The Morgan fingerprint density at radius 2 is 1.71 bits per heavy atom. The zero-order chi connectivity index (χ0) is 12.2. The average molecular weight is 355 g/mol. The largest absolute Gasteiger partial charge is 0.370 e. The van der Waals surface area contributed by atoms with Crippen LogP contribution in [0.25, 0.3) is 0 Å². The minimum Gasteiger partial charge on any atom is -0.370 e. The molecule has 3 nitrogen and oxygen atoms in total. The van der Waals surface area contributed by atoms with E-state index in [9.17, 15) is 0 Å². The molecule has 0 aromatic rings. The van der Waals surface area contributed by atoms with E-state index in [0.29, 0.717) is 11.9 Å². The van der Waals surface area contributed by atoms with Crippen LogP contribution in [0.15, 0.2) is 4.99 Å². The van der Waals surface area contributed by atoms with Crippen LogP contribution in [-0.4, -0.2) is 19.0 Å². The summed E-state index contributed by atoms with van der Waals surface area (Å²) in [6.07, 6.45) is 7.89. The number of aliphatic imine (C=N–C) groups is 1. The molecule has 0 aromatic heterocycles. The Morgan fingerprint density at radius 3 is 2.29 bits per heavy atom. The number of hydrogen-bond acceptors (Lipinski definition) is 1. The summed E-state index contributed by atoms with van der Waals surface area (Å²) in [7, 11) is 0. The molecule has 0 fully saturated rings. The minimum absolute atomic E-state index is 0. The van der Waals surface area contributed by atoms with Crippen molar-refractivity contribution in [2.75, 3.05) is 13.1 Å². The van der Waals surface area contributed by atoms with Crippen molar-refractivity contribution in [3.8, 4) is 0 Å². The van der Waals surface area contributed by atoms with Gasteiger partial charge in [-0.2, -0.15) is 0 Å². The lowest BCUT2D eigenvalue weighted by Gasteiger charge is -2.06. The lowest BCUT2D eigenvalue weighted by Crippen LogP contribution is -2.32. The Labute approximate surface area is 124 Å². The molecule has 0 saturated heterocycles. The van der Waals surface area contributed by atoms with Crippen molar-refractivity contribution in [3.63, 3.8) is 0 Å². The Balaban J connectivity index is 0. The van der Waals surface area contributed by atoms with Gasteiger partial charge in [-0.25, -0.2) is 0 Å². The fraction of sp³-hybridized carbons (Fsp3) is 0.923. The van der Waals surface area contributed by atoms with Crippen molar-refractivity contribution in [2.45, 2.75) is 59.3 Å². The fourth-order valence-corrected chi connectivity index (χ4v) is 1.46. The monoisotopic (exact) mass is 355 g/mol. The lowest BCUT2D eigenvalue weighted by atomic mass is 10.1. The molecular weight excluding hydrogens is 325 g/mol. The quantitative estimate of drug-likeness (QED) is 0.288. The van der Waals surface area contributed by atoms with Gasteiger partial charge in [0.15, 0.2) is 5.96 Å². The molecule has 3 N–H and O–H groups in total. The Bertz CT molecular complexity index is 182. The third kappa shape index (κ3) is 16.0. The highest BCUT2D eigenvalue weighted by Gasteiger charge is 1.94. The number of rotatable bonds is 9. The first-order valence-corrected chi connectivity index (χ1v) is 6.70. The predicted molar refractivity (Wildman–Crippen MR) is 88.1 cm³/mol. The van der Waals surface area contributed by atoms with E-state index in [1.165, 1.54) is 38.5 Å². The molecule has 0 aliphatic carbocycles. The Morgan fingerprint density at radius 1 is 1.12 bits per heavy atom. The molecule has 0 spiro atoms. The number of nitrogens with one attached hydrogen (secondary N) is 1. The van der Waals surface area contributed by atoms with Gasteiger partial charge in [0.25, 0.3) is 0 Å². The number of nitrogens with zero attached hydrogens (tertiary/aromatic N) is 1. The van der Waals surface area contributed by atoms with Gasteiger partial charge in [0.1, 0.15) is 0 Å². The fourth-order valence-electron chi connectivity index (χ4n) is 1.46. The van der Waals surface area contributed by atoms with Crippen LogP contribution in [0.2, 0.25) is 0 Å². The van der Waals surface area contributed by atoms with Gasteiger partial charge in [-0.05, 0) is 12.3 Å². The molecule has 17 heavy (non-hydrogen) atoms. The normalized spacial score (nSPS) is 11.4. The lowest BCUT2D eigenvalue weighted by molar-refractivity contribution is 0.600. The van der Waals surface area contributed by atoms with Crippen LogP contribution in [-0.2, 0) is 0 Å². The van der Waals surface area contributed by atoms with E-state index in [2.05, 4.69) is 31.1 Å². The third-order valence-electron chi connectivity index (χ3n) is 2.46. The van der Waals surface area contributed by atoms with E-state index in [1.807, 2.05) is 0 Å². The van der Waals surface area contributed by atoms with E-state index < -0.39 is 0 Å². The van der Waals surface area contributed by atoms with Gasteiger partial charge in [-0.3, -0.25) is 4.99 Å². The first kappa shape index (κ1) is 19.3. The van der Waals surface area contributed by atoms with Crippen LogP contribution in [0.1, 0.15) is 59.3 Å². The van der Waals surface area contributed by atoms with Crippen LogP contribution in [0.3, 0.4) is 0 Å². The summed E-state index contributed by atoms with van der Waals surface area (Å²) >= 11 is 0. The van der Waals surface area contributed by atoms with Crippen molar-refractivity contribution < 1.29 is 0 Å². The van der Waals surface area contributed by atoms with Crippen molar-refractivity contribution in [1.82, 2.24) is 5.32 Å². The number of hydrogen-bond donors (Lipinski definition) is 2. The second-order valence-electron chi connectivity index (χ2n) is 4.81. The van der Waals surface area contributed by atoms with Gasteiger partial charge in [0, 0.05) is 13.1 Å². The molecule has 104 valence electrons. The first-order valence-electron chi connectivity index (χ1n) is 6.70. The number of halogens is 1. The van der Waals surface area contributed by atoms with E-state index in [1.54, 1.807) is 0 Å². The molecule has 0 aliphatic heterocycles. The highest BCUT2D eigenvalue weighted by molar-refractivity contribution is 14.0. The number of unbranched alkanes of at least 4 members (excludes halogenated alkanes) is 5. The van der Waals surface area contributed by atoms with E-state index in [0.717, 1.165) is 13.1 Å². The molecule has 0 unspecified atom stereocenters. The van der Waals surface area contributed by atoms with Crippen LogP contribution >= 0.6 is 24.0 Å². The molecule has 4 heteroatoms. The summed E-state index contributed by atoms with van der Waals surface area (Å²) in [5.41, 5.74) is 5.72. The topological polar surface area (TPSA) is 50.4 Å². The van der Waals surface area contributed by atoms with Crippen LogP contribution in [0.5, 0.6) is 0 Å². The summed E-state index contributed by atoms with van der Waals surface area (Å²) in [5.74, 6) is 1.18. The average Bonchev–Trinajstić information content (AvgIpc) is 2.25. The van der Waals surface area contributed by atoms with Crippen molar-refractivity contribution >= 4 is 29.9 Å². The number of guanidine groups is 1. The second-order valence-corrected chi connectivity index (χ2v) is 4.81. The summed E-state index contributed by atoms with van der Waals surface area (Å²) in [6.45, 7) is 8.30. The molecule has 0 aromatic carbocycles. The molecular formula is C13H30IN3. The molecule has 0 bridgehead atoms. The molecule has 0 atom stereocenters. The Kier molecular flexibility index (Phi) is 16.0. The summed E-state index contributed by atoms with van der Waals surface area (Å²) in [5, 5.41) is 3.16. The molecule has 0 rings (SSSR count). The van der Waals surface area contributed by atoms with Crippen molar-refractivity contribution in [1.29, 1.82) is 0 Å². The number of nitrogens with two attached hydrogens (primary N) is 1. The van der Waals surface area contributed by atoms with E-state index >= 15 is 0 Å². The third-order valence-corrected chi connectivity index (χ3v) is 2.46. The highest BCUT2D eigenvalue weighted by atomic mass is 127. The van der Waals surface area contributed by atoms with Gasteiger partial charge in [0.05, 0.1) is 0 Å². The zero-order valence-corrected chi connectivity index (χ0v) is 14.0. The Hall–Kier alpha value is 0. The first-order chi connectivity index (χ1) is 7.66. The highest BCUT2D eigenvalue weighted by Crippen LogP contribution is 2.03. The minimum atomic E-state index is 0. The van der Waals surface area contributed by atoms with Crippen molar-refractivity contribution in [3.05, 3.63) is 0 Å². The summed E-state index contributed by atoms with van der Waals surface area (Å²) in [6, 6.07) is 0. The van der Waals surface area contributed by atoms with Crippen LogP contribution in [0.4, 0.5) is 0 Å². The van der Waals surface area contributed by atoms with Crippen LogP contribution in [0, 0.1) is 5.92 Å². The SMILES string of the molecule is CCCCCCCCNC(N)=NCC(C)C.I. The maximum Gasteiger partial charge on any atom is 0.188 e. The van der Waals surface area contributed by atoms with Crippen LogP contribution < -0.4 is 11.1 Å². The smallest absolute Gasteiger partial charge is 0.188 e. The van der Waals surface area contributed by atoms with Gasteiger partial charge in [0.2, 0.25) is 0 Å². The molecule has 0 amide bonds. The van der Waals surface area contributed by atoms with Gasteiger partial charge >= 0.3 is 0 Å². The van der Waals surface area contributed by atoms with E-state index in [-0.39, 0.29) is 24.0 Å². The summed E-state index contributed by atoms with van der Waals surface area (Å²) < 4.78 is 0. The molecule has 0 heterocycles. The van der Waals surface area contributed by atoms with Crippen molar-refractivity contribution in [2.24, 2.45) is 16.6 Å². The van der Waals surface area contributed by atoms with E-state index in [4.69, 9.17) is 5.73 Å². The standard InChI is InChI=1S/C13H29N3.HI/c1-4-5-6-7-8-9-10-15-13(14)16-11-12(2)3;/h12H,4-11H2,1-3H3,(H3,14,15,16);1H. The van der Waals surface area contributed by atoms with Gasteiger partial charge in [-0.1, -0.05) is 52.9 Å². The summed E-state index contributed by atoms with van der Waals surface area (Å²) in [4.78, 5) is 4.25. The zero-order valence-electron chi connectivity index (χ0n) is 11.7. The molecule has 0 saturated carbocycles. The maximum absolute atomic E-state index is 5.72. The van der Waals surface area contributed by atoms with Gasteiger partial charge in [-0.15, -0.1) is 24.0 Å².